The van der Waals surface area contributed by atoms with Gasteiger partial charge in [0.1, 0.15) is 6.67 Å². The van der Waals surface area contributed by atoms with Gasteiger partial charge in [-0.1, -0.05) is 30.3 Å². The quantitative estimate of drug-likeness (QED) is 0.707. The van der Waals surface area contributed by atoms with Crippen molar-refractivity contribution in [3.63, 3.8) is 0 Å². The molecule has 78 valence electrons. The van der Waals surface area contributed by atoms with E-state index in [9.17, 15) is 4.39 Å². The number of rotatable bonds is 6. The molecule has 0 saturated carbocycles. The third-order valence-electron chi connectivity index (χ3n) is 1.94. The van der Waals surface area contributed by atoms with E-state index in [-0.39, 0.29) is 6.04 Å². The van der Waals surface area contributed by atoms with Gasteiger partial charge in [-0.3, -0.25) is 0 Å². The Kier molecular flexibility index (Phi) is 5.19. The van der Waals surface area contributed by atoms with Gasteiger partial charge in [0.25, 0.3) is 0 Å². The van der Waals surface area contributed by atoms with Crippen molar-refractivity contribution in [3.05, 3.63) is 35.9 Å². The molecule has 14 heavy (non-hydrogen) atoms. The van der Waals surface area contributed by atoms with Crippen LogP contribution in [0.4, 0.5) is 4.39 Å². The first kappa shape index (κ1) is 11.1. The molecule has 0 saturated heterocycles. The fourth-order valence-electron chi connectivity index (χ4n) is 1.08. The van der Waals surface area contributed by atoms with Gasteiger partial charge in [0.15, 0.2) is 0 Å². The molecule has 3 heteroatoms. The van der Waals surface area contributed by atoms with Crippen molar-refractivity contribution < 1.29 is 9.13 Å². The van der Waals surface area contributed by atoms with Gasteiger partial charge in [0.2, 0.25) is 0 Å². The molecule has 2 N–H and O–H groups in total. The Hall–Kier alpha value is -0.930. The highest BCUT2D eigenvalue weighted by atomic mass is 19.1. The summed E-state index contributed by atoms with van der Waals surface area (Å²) in [4.78, 5) is 0. The van der Waals surface area contributed by atoms with Crippen LogP contribution in [0.3, 0.4) is 0 Å². The Labute approximate surface area is 83.9 Å². The molecule has 2 nitrogen and oxygen atoms in total. The van der Waals surface area contributed by atoms with Gasteiger partial charge in [-0.15, -0.1) is 0 Å². The predicted octanol–water partition coefficient (Wildman–Crippen LogP) is 1.89. The Balaban J connectivity index is 2.10. The van der Waals surface area contributed by atoms with Gasteiger partial charge in [-0.2, -0.15) is 0 Å². The molecular weight excluding hydrogens is 181 g/mol. The number of halogens is 1. The number of hydrogen-bond donors (Lipinski definition) is 1. The number of nitrogens with two attached hydrogens (primary N) is 1. The van der Waals surface area contributed by atoms with Crippen molar-refractivity contribution >= 4 is 0 Å². The summed E-state index contributed by atoms with van der Waals surface area (Å²) in [7, 11) is 0. The molecule has 0 heterocycles. The van der Waals surface area contributed by atoms with Crippen molar-refractivity contribution in [2.24, 2.45) is 5.73 Å². The summed E-state index contributed by atoms with van der Waals surface area (Å²) in [6.45, 7) is 0.606. The predicted molar refractivity (Wildman–Crippen MR) is 54.7 cm³/mol. The van der Waals surface area contributed by atoms with Crippen molar-refractivity contribution in [1.29, 1.82) is 0 Å². The van der Waals surface area contributed by atoms with Gasteiger partial charge in [-0.25, -0.2) is 4.39 Å². The van der Waals surface area contributed by atoms with E-state index in [2.05, 4.69) is 0 Å². The van der Waals surface area contributed by atoms with Crippen LogP contribution in [0.15, 0.2) is 30.3 Å². The van der Waals surface area contributed by atoms with Crippen molar-refractivity contribution in [3.8, 4) is 0 Å². The average Bonchev–Trinajstić information content (AvgIpc) is 2.25. The summed E-state index contributed by atoms with van der Waals surface area (Å²) < 4.78 is 17.3. The first-order valence-electron chi connectivity index (χ1n) is 4.76. The molecular formula is C11H16FNO. The van der Waals surface area contributed by atoms with Crippen LogP contribution in [0, 0.1) is 0 Å². The van der Waals surface area contributed by atoms with Crippen molar-refractivity contribution in [2.75, 3.05) is 13.3 Å². The monoisotopic (exact) mass is 197 g/mol. The smallest absolute Gasteiger partial charge is 0.105 e. The summed E-state index contributed by atoms with van der Waals surface area (Å²) >= 11 is 0. The zero-order valence-corrected chi connectivity index (χ0v) is 8.16. The van der Waals surface area contributed by atoms with E-state index in [1.807, 2.05) is 30.3 Å². The van der Waals surface area contributed by atoms with Crippen LogP contribution in [-0.4, -0.2) is 19.3 Å². The van der Waals surface area contributed by atoms with E-state index < -0.39 is 6.67 Å². The second kappa shape index (κ2) is 6.51. The zero-order valence-electron chi connectivity index (χ0n) is 8.16. The second-order valence-electron chi connectivity index (χ2n) is 3.24. The Morgan fingerprint density at radius 2 is 2.00 bits per heavy atom. The first-order valence-corrected chi connectivity index (χ1v) is 4.76. The molecule has 0 aliphatic rings. The molecule has 0 radical (unpaired) electrons. The minimum Gasteiger partial charge on any atom is -0.377 e. The van der Waals surface area contributed by atoms with E-state index in [4.69, 9.17) is 10.5 Å². The molecule has 0 spiro atoms. The normalized spacial score (nSPS) is 12.7. The molecule has 1 unspecified atom stereocenters. The first-order chi connectivity index (χ1) is 6.83. The summed E-state index contributed by atoms with van der Waals surface area (Å²) in [6, 6.07) is 9.50. The molecule has 0 amide bonds. The maximum absolute atomic E-state index is 12.0. The van der Waals surface area contributed by atoms with Crippen molar-refractivity contribution in [2.45, 2.75) is 19.1 Å². The number of alkyl halides is 1. The second-order valence-corrected chi connectivity index (χ2v) is 3.24. The lowest BCUT2D eigenvalue weighted by Gasteiger charge is -2.07. The maximum Gasteiger partial charge on any atom is 0.105 e. The van der Waals surface area contributed by atoms with Crippen LogP contribution < -0.4 is 5.73 Å². The molecule has 0 aliphatic carbocycles. The molecule has 1 aromatic rings. The molecule has 1 rings (SSSR count). The fraction of sp³-hybridized carbons (Fsp3) is 0.455. The third-order valence-corrected chi connectivity index (χ3v) is 1.94. The lowest BCUT2D eigenvalue weighted by molar-refractivity contribution is 0.112. The van der Waals surface area contributed by atoms with Crippen LogP contribution in [0.1, 0.15) is 12.0 Å². The lowest BCUT2D eigenvalue weighted by atomic mass is 10.2. The summed E-state index contributed by atoms with van der Waals surface area (Å²) in [5, 5.41) is 0. The van der Waals surface area contributed by atoms with Gasteiger partial charge in [0, 0.05) is 12.6 Å². The fourth-order valence-corrected chi connectivity index (χ4v) is 1.08. The molecule has 0 aromatic heterocycles. The molecule has 0 aliphatic heterocycles. The van der Waals surface area contributed by atoms with Gasteiger partial charge >= 0.3 is 0 Å². The summed E-state index contributed by atoms with van der Waals surface area (Å²) in [6.07, 6.45) is 0.573. The van der Waals surface area contributed by atoms with Gasteiger partial charge in [-0.05, 0) is 12.0 Å². The summed E-state index contributed by atoms with van der Waals surface area (Å²) in [5.74, 6) is 0. The number of benzene rings is 1. The van der Waals surface area contributed by atoms with Gasteiger partial charge < -0.3 is 10.5 Å². The van der Waals surface area contributed by atoms with E-state index in [0.29, 0.717) is 19.6 Å². The molecule has 1 atom stereocenters. The zero-order chi connectivity index (χ0) is 10.2. The molecule has 0 bridgehead atoms. The van der Waals surface area contributed by atoms with Crippen LogP contribution in [0.2, 0.25) is 0 Å². The van der Waals surface area contributed by atoms with Crippen LogP contribution in [-0.2, 0) is 11.3 Å². The number of ether oxygens (including phenoxy) is 1. The third kappa shape index (κ3) is 4.35. The minimum atomic E-state index is -0.477. The highest BCUT2D eigenvalue weighted by Gasteiger charge is 2.00. The average molecular weight is 197 g/mol. The van der Waals surface area contributed by atoms with Crippen LogP contribution in [0.5, 0.6) is 0 Å². The van der Waals surface area contributed by atoms with E-state index in [0.717, 1.165) is 5.56 Å². The number of hydrogen-bond acceptors (Lipinski definition) is 2. The summed E-state index contributed by atoms with van der Waals surface area (Å²) in [5.41, 5.74) is 6.52. The minimum absolute atomic E-state index is 0.384. The van der Waals surface area contributed by atoms with E-state index >= 15 is 0 Å². The van der Waals surface area contributed by atoms with Gasteiger partial charge in [0.05, 0.1) is 6.61 Å². The highest BCUT2D eigenvalue weighted by molar-refractivity contribution is 5.13. The maximum atomic E-state index is 12.0. The van der Waals surface area contributed by atoms with Crippen LogP contribution >= 0.6 is 0 Å². The molecule has 1 aromatic carbocycles. The Morgan fingerprint density at radius 1 is 1.29 bits per heavy atom. The lowest BCUT2D eigenvalue weighted by Crippen LogP contribution is -2.23. The topological polar surface area (TPSA) is 35.2 Å². The van der Waals surface area contributed by atoms with Crippen molar-refractivity contribution in [1.82, 2.24) is 0 Å². The Morgan fingerprint density at radius 3 is 2.64 bits per heavy atom. The largest absolute Gasteiger partial charge is 0.377 e. The highest BCUT2D eigenvalue weighted by Crippen LogP contribution is 2.01. The SMILES string of the molecule is NC(CF)CCOCc1ccccc1. The Bertz CT molecular complexity index is 240. The standard InChI is InChI=1S/C11H16FNO/c12-8-11(13)6-7-14-9-10-4-2-1-3-5-10/h1-5,11H,6-9,13H2. The van der Waals surface area contributed by atoms with E-state index in [1.165, 1.54) is 0 Å². The van der Waals surface area contributed by atoms with Crippen LogP contribution in [0.25, 0.3) is 0 Å². The molecule has 0 fully saturated rings. The van der Waals surface area contributed by atoms with E-state index in [1.54, 1.807) is 0 Å².